The Labute approximate surface area is 160 Å². The third-order valence-electron chi connectivity index (χ3n) is 5.01. The maximum Gasteiger partial charge on any atom is 0.257 e. The molecule has 1 saturated carbocycles. The number of aromatic nitrogens is 1. The van der Waals surface area contributed by atoms with Crippen molar-refractivity contribution in [2.45, 2.75) is 25.8 Å². The summed E-state index contributed by atoms with van der Waals surface area (Å²) in [4.78, 5) is 30.8. The topological polar surface area (TPSA) is 71.5 Å². The molecule has 0 radical (unpaired) electrons. The van der Waals surface area contributed by atoms with Crippen LogP contribution in [-0.4, -0.2) is 35.7 Å². The Morgan fingerprint density at radius 2 is 2.07 bits per heavy atom. The predicted molar refractivity (Wildman–Crippen MR) is 97.7 cm³/mol. The smallest absolute Gasteiger partial charge is 0.257 e. The Balaban J connectivity index is 1.75. The van der Waals surface area contributed by atoms with Gasteiger partial charge in [-0.25, -0.2) is 4.39 Å². The zero-order valence-corrected chi connectivity index (χ0v) is 15.5. The largest absolute Gasteiger partial charge is 0.491 e. The molecule has 1 aliphatic heterocycles. The fourth-order valence-electron chi connectivity index (χ4n) is 3.39. The molecule has 0 unspecified atom stereocenters. The molecule has 0 spiro atoms. The van der Waals surface area contributed by atoms with Gasteiger partial charge < -0.3 is 15.0 Å². The van der Waals surface area contributed by atoms with Crippen molar-refractivity contribution in [1.29, 1.82) is 0 Å². The number of fused-ring (bicyclic) bond motifs is 1. The van der Waals surface area contributed by atoms with E-state index in [0.29, 0.717) is 29.2 Å². The number of Topliss-reactive ketones (excluding diaryl/α,β-unsaturated/α-hetero) is 1. The lowest BCUT2D eigenvalue weighted by Crippen LogP contribution is -2.18. The number of hydrogen-bond acceptors (Lipinski definition) is 5. The minimum absolute atomic E-state index is 0.0991. The highest BCUT2D eigenvalue weighted by molar-refractivity contribution is 6.03. The lowest BCUT2D eigenvalue weighted by molar-refractivity contribution is -0.119. The van der Waals surface area contributed by atoms with Crippen molar-refractivity contribution in [3.05, 3.63) is 46.8 Å². The van der Waals surface area contributed by atoms with Crippen LogP contribution in [0.5, 0.6) is 5.75 Å². The Bertz CT molecular complexity index is 989. The highest BCUT2D eigenvalue weighted by Gasteiger charge is 2.33. The summed E-state index contributed by atoms with van der Waals surface area (Å²) in [6, 6.07) is 3.94. The van der Waals surface area contributed by atoms with Gasteiger partial charge in [0, 0.05) is 19.4 Å². The SMILES string of the molecule is COc1c(Nc2cc(CC(=O)C3CC3)nc3c2C(=O)N(C)C3)ccc(F)c1F. The lowest BCUT2D eigenvalue weighted by atomic mass is 10.1. The Kier molecular flexibility index (Phi) is 4.49. The molecule has 0 saturated heterocycles. The lowest BCUT2D eigenvalue weighted by Gasteiger charge is -2.15. The van der Waals surface area contributed by atoms with E-state index in [-0.39, 0.29) is 35.5 Å². The Morgan fingerprint density at radius 1 is 1.32 bits per heavy atom. The van der Waals surface area contributed by atoms with E-state index in [9.17, 15) is 18.4 Å². The molecule has 0 bridgehead atoms. The average Bonchev–Trinajstić information content (AvgIpc) is 3.46. The minimum atomic E-state index is -1.12. The maximum absolute atomic E-state index is 14.1. The minimum Gasteiger partial charge on any atom is -0.491 e. The first kappa shape index (κ1) is 18.3. The monoisotopic (exact) mass is 387 g/mol. The van der Waals surface area contributed by atoms with Gasteiger partial charge in [0.25, 0.3) is 5.91 Å². The van der Waals surface area contributed by atoms with Crippen molar-refractivity contribution >= 4 is 23.1 Å². The number of ketones is 1. The predicted octanol–water partition coefficient (Wildman–Crippen LogP) is 3.22. The third kappa shape index (κ3) is 3.19. The zero-order valence-electron chi connectivity index (χ0n) is 15.5. The molecule has 2 aliphatic rings. The number of pyridine rings is 1. The van der Waals surface area contributed by atoms with Gasteiger partial charge in [-0.1, -0.05) is 0 Å². The summed E-state index contributed by atoms with van der Waals surface area (Å²) >= 11 is 0. The number of anilines is 2. The quantitative estimate of drug-likeness (QED) is 0.824. The summed E-state index contributed by atoms with van der Waals surface area (Å²) in [7, 11) is 2.89. The first-order valence-electron chi connectivity index (χ1n) is 8.99. The van der Waals surface area contributed by atoms with Crippen LogP contribution in [0.3, 0.4) is 0 Å². The summed E-state index contributed by atoms with van der Waals surface area (Å²) in [5.41, 5.74) is 2.02. The van der Waals surface area contributed by atoms with Gasteiger partial charge in [-0.05, 0) is 31.0 Å². The van der Waals surface area contributed by atoms with Crippen LogP contribution in [0.2, 0.25) is 0 Å². The van der Waals surface area contributed by atoms with Gasteiger partial charge in [0.2, 0.25) is 5.82 Å². The first-order valence-corrected chi connectivity index (χ1v) is 8.99. The number of carbonyl (C=O) groups excluding carboxylic acids is 2. The van der Waals surface area contributed by atoms with Crippen LogP contribution in [0, 0.1) is 17.6 Å². The van der Waals surface area contributed by atoms with E-state index in [4.69, 9.17) is 4.74 Å². The molecule has 1 aromatic carbocycles. The van der Waals surface area contributed by atoms with E-state index in [2.05, 4.69) is 10.3 Å². The molecule has 28 heavy (non-hydrogen) atoms. The molecule has 4 rings (SSSR count). The number of benzene rings is 1. The maximum atomic E-state index is 14.1. The van der Waals surface area contributed by atoms with Crippen molar-refractivity contribution in [3.8, 4) is 5.75 Å². The summed E-state index contributed by atoms with van der Waals surface area (Å²) in [5.74, 6) is -2.45. The van der Waals surface area contributed by atoms with Gasteiger partial charge in [0.1, 0.15) is 5.78 Å². The molecule has 2 aromatic rings. The average molecular weight is 387 g/mol. The Morgan fingerprint density at radius 3 is 2.75 bits per heavy atom. The van der Waals surface area contributed by atoms with Crippen LogP contribution in [0.4, 0.5) is 20.2 Å². The van der Waals surface area contributed by atoms with Crippen LogP contribution < -0.4 is 10.1 Å². The van der Waals surface area contributed by atoms with E-state index < -0.39 is 11.6 Å². The number of halogens is 2. The molecule has 6 nitrogen and oxygen atoms in total. The van der Waals surface area contributed by atoms with E-state index in [1.807, 2.05) is 0 Å². The molecule has 1 N–H and O–H groups in total. The third-order valence-corrected chi connectivity index (χ3v) is 5.01. The van der Waals surface area contributed by atoms with Crippen LogP contribution in [-0.2, 0) is 17.8 Å². The molecule has 146 valence electrons. The van der Waals surface area contributed by atoms with E-state index in [0.717, 1.165) is 18.9 Å². The van der Waals surface area contributed by atoms with Crippen molar-refractivity contribution < 1.29 is 23.1 Å². The zero-order chi connectivity index (χ0) is 20.0. The van der Waals surface area contributed by atoms with Crippen LogP contribution in [0.1, 0.15) is 34.6 Å². The standard InChI is InChI=1S/C20H19F2N3O3/c1-25-9-15-17(20(25)27)14(7-11(23-15)8-16(26)10-3-4-10)24-13-6-5-12(21)18(22)19(13)28-2/h5-7,10H,3-4,8-9H2,1-2H3,(H,23,24). The highest BCUT2D eigenvalue weighted by Crippen LogP contribution is 2.36. The molecule has 1 aromatic heterocycles. The number of hydrogen-bond donors (Lipinski definition) is 1. The molecule has 1 fully saturated rings. The van der Waals surface area contributed by atoms with Gasteiger partial charge in [-0.3, -0.25) is 14.6 Å². The van der Waals surface area contributed by atoms with Gasteiger partial charge in [-0.15, -0.1) is 0 Å². The van der Waals surface area contributed by atoms with E-state index >= 15 is 0 Å². The van der Waals surface area contributed by atoms with E-state index in [1.165, 1.54) is 18.1 Å². The normalized spacial score (nSPS) is 15.6. The van der Waals surface area contributed by atoms with Crippen molar-refractivity contribution in [2.24, 2.45) is 5.92 Å². The summed E-state index contributed by atoms with van der Waals surface area (Å²) in [6.07, 6.45) is 1.99. The number of nitrogens with one attached hydrogen (secondary N) is 1. The van der Waals surface area contributed by atoms with Gasteiger partial charge >= 0.3 is 0 Å². The molecule has 0 atom stereocenters. The number of nitrogens with zero attached hydrogens (tertiary/aromatic N) is 2. The number of methoxy groups -OCH3 is 1. The second-order valence-corrected chi connectivity index (χ2v) is 7.13. The van der Waals surface area contributed by atoms with Gasteiger partial charge in [0.05, 0.1) is 42.0 Å². The summed E-state index contributed by atoms with van der Waals surface area (Å²) in [6.45, 7) is 0.323. The number of ether oxygens (including phenoxy) is 1. The van der Waals surface area contributed by atoms with Crippen LogP contribution in [0.25, 0.3) is 0 Å². The first-order chi connectivity index (χ1) is 13.4. The van der Waals surface area contributed by atoms with Gasteiger partial charge in [-0.2, -0.15) is 4.39 Å². The second kappa shape index (κ2) is 6.85. The number of rotatable bonds is 6. The van der Waals surface area contributed by atoms with Crippen molar-refractivity contribution in [3.63, 3.8) is 0 Å². The van der Waals surface area contributed by atoms with Crippen molar-refractivity contribution in [2.75, 3.05) is 19.5 Å². The number of amides is 1. The molecule has 8 heteroatoms. The molecular weight excluding hydrogens is 368 g/mol. The summed E-state index contributed by atoms with van der Waals surface area (Å²) < 4.78 is 32.6. The molecule has 1 amide bonds. The Hall–Kier alpha value is -3.03. The summed E-state index contributed by atoms with van der Waals surface area (Å²) in [5, 5.41) is 2.97. The van der Waals surface area contributed by atoms with Crippen LogP contribution in [0.15, 0.2) is 18.2 Å². The van der Waals surface area contributed by atoms with Crippen LogP contribution >= 0.6 is 0 Å². The van der Waals surface area contributed by atoms with Gasteiger partial charge in [0.15, 0.2) is 11.6 Å². The second-order valence-electron chi connectivity index (χ2n) is 7.13. The molecular formula is C20H19F2N3O3. The fourth-order valence-corrected chi connectivity index (χ4v) is 3.39. The highest BCUT2D eigenvalue weighted by atomic mass is 19.2. The van der Waals surface area contributed by atoms with E-state index in [1.54, 1.807) is 13.1 Å². The van der Waals surface area contributed by atoms with Crippen molar-refractivity contribution in [1.82, 2.24) is 9.88 Å². The molecule has 1 aliphatic carbocycles. The molecule has 2 heterocycles. The number of carbonyl (C=O) groups is 2. The fraction of sp³-hybridized carbons (Fsp3) is 0.350.